The fourth-order valence-corrected chi connectivity index (χ4v) is 2.15. The average Bonchev–Trinajstić information content (AvgIpc) is 2.60. The molecule has 0 spiro atoms. The van der Waals surface area contributed by atoms with Gasteiger partial charge in [-0.15, -0.1) is 11.3 Å². The van der Waals surface area contributed by atoms with E-state index in [-0.39, 0.29) is 22.7 Å². The van der Waals surface area contributed by atoms with E-state index in [4.69, 9.17) is 5.11 Å². The number of carboxylic acid groups (broad SMARTS) is 1. The highest BCUT2D eigenvalue weighted by atomic mass is 32.1. The van der Waals surface area contributed by atoms with Crippen LogP contribution in [0.4, 0.5) is 0 Å². The molecule has 0 aliphatic rings. The van der Waals surface area contributed by atoms with Crippen LogP contribution in [-0.2, 0) is 4.79 Å². The molecule has 5 nitrogen and oxygen atoms in total. The maximum Gasteiger partial charge on any atom is 0.347 e. The molecule has 2 N–H and O–H groups in total. The van der Waals surface area contributed by atoms with Crippen molar-refractivity contribution in [2.45, 2.75) is 33.7 Å². The van der Waals surface area contributed by atoms with Crippen LogP contribution in [0.5, 0.6) is 0 Å². The number of thiazole rings is 1. The molecule has 0 saturated heterocycles. The number of nitrogens with zero attached hydrogens (tertiary/aromatic N) is 1. The van der Waals surface area contributed by atoms with Crippen molar-refractivity contribution in [3.05, 3.63) is 15.6 Å². The van der Waals surface area contributed by atoms with Crippen LogP contribution in [0, 0.1) is 12.8 Å². The molecule has 94 valence electrons. The van der Waals surface area contributed by atoms with Crippen LogP contribution in [0.3, 0.4) is 0 Å². The van der Waals surface area contributed by atoms with E-state index in [1.807, 2.05) is 0 Å². The molecule has 0 unspecified atom stereocenters. The SMILES string of the molecule is Cc1nc([C@@H](C)NC(=O)C(C)C)sc1C(=O)O. The minimum atomic E-state index is -0.978. The van der Waals surface area contributed by atoms with Gasteiger partial charge >= 0.3 is 5.97 Å². The summed E-state index contributed by atoms with van der Waals surface area (Å²) >= 11 is 1.10. The Morgan fingerprint density at radius 3 is 2.35 bits per heavy atom. The van der Waals surface area contributed by atoms with Crippen LogP contribution in [0.1, 0.15) is 47.2 Å². The van der Waals surface area contributed by atoms with Crippen molar-refractivity contribution in [3.8, 4) is 0 Å². The summed E-state index contributed by atoms with van der Waals surface area (Å²) in [6.45, 7) is 7.06. The Morgan fingerprint density at radius 2 is 1.94 bits per heavy atom. The fraction of sp³-hybridized carbons (Fsp3) is 0.545. The first-order valence-electron chi connectivity index (χ1n) is 5.34. The predicted molar refractivity (Wildman–Crippen MR) is 65.2 cm³/mol. The van der Waals surface area contributed by atoms with Gasteiger partial charge in [-0.3, -0.25) is 4.79 Å². The van der Waals surface area contributed by atoms with Crippen molar-refractivity contribution in [1.82, 2.24) is 10.3 Å². The number of carbonyl (C=O) groups excluding carboxylic acids is 1. The van der Waals surface area contributed by atoms with Crippen LogP contribution >= 0.6 is 11.3 Å². The second kappa shape index (κ2) is 5.27. The van der Waals surface area contributed by atoms with Gasteiger partial charge in [0.2, 0.25) is 5.91 Å². The number of hydrogen-bond acceptors (Lipinski definition) is 4. The molecule has 0 bridgehead atoms. The number of aromatic nitrogens is 1. The molecule has 0 aromatic carbocycles. The van der Waals surface area contributed by atoms with Crippen molar-refractivity contribution < 1.29 is 14.7 Å². The van der Waals surface area contributed by atoms with Gasteiger partial charge in [-0.2, -0.15) is 0 Å². The van der Waals surface area contributed by atoms with Gasteiger partial charge in [0.1, 0.15) is 9.88 Å². The molecule has 0 fully saturated rings. The van der Waals surface area contributed by atoms with Gasteiger partial charge in [0.15, 0.2) is 0 Å². The summed E-state index contributed by atoms with van der Waals surface area (Å²) in [5.74, 6) is -1.15. The Kier molecular flexibility index (Phi) is 4.22. The molecule has 1 rings (SSSR count). The number of nitrogens with one attached hydrogen (secondary N) is 1. The molecular weight excluding hydrogens is 240 g/mol. The van der Waals surface area contributed by atoms with Crippen molar-refractivity contribution in [3.63, 3.8) is 0 Å². The Bertz CT molecular complexity index is 440. The first-order valence-corrected chi connectivity index (χ1v) is 6.15. The smallest absolute Gasteiger partial charge is 0.347 e. The van der Waals surface area contributed by atoms with Crippen LogP contribution in [0.2, 0.25) is 0 Å². The molecule has 0 saturated carbocycles. The highest BCUT2D eigenvalue weighted by Gasteiger charge is 2.19. The second-order valence-electron chi connectivity index (χ2n) is 4.16. The largest absolute Gasteiger partial charge is 0.477 e. The van der Waals surface area contributed by atoms with Crippen molar-refractivity contribution in [1.29, 1.82) is 0 Å². The molecule has 6 heteroatoms. The summed E-state index contributed by atoms with van der Waals surface area (Å²) in [6.07, 6.45) is 0. The number of amides is 1. The van der Waals surface area contributed by atoms with E-state index in [1.54, 1.807) is 27.7 Å². The van der Waals surface area contributed by atoms with Crippen LogP contribution in [0.15, 0.2) is 0 Å². The molecular formula is C11H16N2O3S. The lowest BCUT2D eigenvalue weighted by Gasteiger charge is -2.12. The molecule has 17 heavy (non-hydrogen) atoms. The topological polar surface area (TPSA) is 79.3 Å². The number of hydrogen-bond donors (Lipinski definition) is 2. The summed E-state index contributed by atoms with van der Waals surface area (Å²) in [7, 11) is 0. The van der Waals surface area contributed by atoms with Gasteiger partial charge in [-0.25, -0.2) is 9.78 Å². The highest BCUT2D eigenvalue weighted by Crippen LogP contribution is 2.23. The average molecular weight is 256 g/mol. The minimum absolute atomic E-state index is 0.0674. The third-order valence-electron chi connectivity index (χ3n) is 2.26. The highest BCUT2D eigenvalue weighted by molar-refractivity contribution is 7.13. The third kappa shape index (κ3) is 3.26. The first kappa shape index (κ1) is 13.6. The lowest BCUT2D eigenvalue weighted by Crippen LogP contribution is -2.30. The predicted octanol–water partition coefficient (Wildman–Crippen LogP) is 1.98. The fourth-order valence-electron chi connectivity index (χ4n) is 1.24. The molecule has 0 aliphatic carbocycles. The third-order valence-corrected chi connectivity index (χ3v) is 3.59. The number of rotatable bonds is 4. The van der Waals surface area contributed by atoms with E-state index in [1.165, 1.54) is 0 Å². The second-order valence-corrected chi connectivity index (χ2v) is 5.19. The summed E-state index contributed by atoms with van der Waals surface area (Å²) < 4.78 is 0. The lowest BCUT2D eigenvalue weighted by atomic mass is 10.2. The van der Waals surface area contributed by atoms with E-state index < -0.39 is 5.97 Å². The summed E-state index contributed by atoms with van der Waals surface area (Å²) in [5, 5.41) is 12.3. The monoisotopic (exact) mass is 256 g/mol. The molecule has 1 atom stereocenters. The van der Waals surface area contributed by atoms with Gasteiger partial charge in [0.05, 0.1) is 11.7 Å². The number of carboxylic acids is 1. The summed E-state index contributed by atoms with van der Waals surface area (Å²) in [6, 6.07) is -0.262. The maximum atomic E-state index is 11.5. The maximum absolute atomic E-state index is 11.5. The van der Waals surface area contributed by atoms with Crippen molar-refractivity contribution in [2.75, 3.05) is 0 Å². The van der Waals surface area contributed by atoms with E-state index in [2.05, 4.69) is 10.3 Å². The zero-order valence-corrected chi connectivity index (χ0v) is 11.1. The van der Waals surface area contributed by atoms with E-state index in [0.29, 0.717) is 10.7 Å². The lowest BCUT2D eigenvalue weighted by molar-refractivity contribution is -0.124. The molecule has 1 aromatic heterocycles. The number of aromatic carboxylic acids is 1. The van der Waals surface area contributed by atoms with Crippen LogP contribution in [-0.4, -0.2) is 22.0 Å². The summed E-state index contributed by atoms with van der Waals surface area (Å²) in [4.78, 5) is 26.8. The Balaban J connectivity index is 2.83. The van der Waals surface area contributed by atoms with Gasteiger partial charge in [-0.05, 0) is 13.8 Å². The molecule has 0 radical (unpaired) electrons. The number of carbonyl (C=O) groups is 2. The zero-order chi connectivity index (χ0) is 13.2. The zero-order valence-electron chi connectivity index (χ0n) is 10.3. The van der Waals surface area contributed by atoms with Gasteiger partial charge in [0, 0.05) is 5.92 Å². The molecule has 1 aromatic rings. The minimum Gasteiger partial charge on any atom is -0.477 e. The van der Waals surface area contributed by atoms with Gasteiger partial charge in [-0.1, -0.05) is 13.8 Å². The molecule has 1 heterocycles. The molecule has 0 aliphatic heterocycles. The Morgan fingerprint density at radius 1 is 1.35 bits per heavy atom. The molecule has 1 amide bonds. The number of aryl methyl sites for hydroxylation is 1. The standard InChI is InChI=1S/C11H16N2O3S/c1-5(2)9(14)12-7(4)10-13-6(3)8(17-10)11(15)16/h5,7H,1-4H3,(H,12,14)(H,15,16)/t7-/m1/s1. The van der Waals surface area contributed by atoms with Crippen molar-refractivity contribution in [2.24, 2.45) is 5.92 Å². The van der Waals surface area contributed by atoms with Gasteiger partial charge < -0.3 is 10.4 Å². The normalized spacial score (nSPS) is 12.5. The van der Waals surface area contributed by atoms with Crippen LogP contribution < -0.4 is 5.32 Å². The Labute approximate surface area is 104 Å². The van der Waals surface area contributed by atoms with E-state index in [0.717, 1.165) is 11.3 Å². The van der Waals surface area contributed by atoms with E-state index >= 15 is 0 Å². The van der Waals surface area contributed by atoms with Crippen LogP contribution in [0.25, 0.3) is 0 Å². The Hall–Kier alpha value is -1.43. The first-order chi connectivity index (χ1) is 7.82. The van der Waals surface area contributed by atoms with Crippen molar-refractivity contribution >= 4 is 23.2 Å². The van der Waals surface area contributed by atoms with Gasteiger partial charge in [0.25, 0.3) is 0 Å². The quantitative estimate of drug-likeness (QED) is 0.863. The summed E-state index contributed by atoms with van der Waals surface area (Å²) in [5.41, 5.74) is 0.489. The van der Waals surface area contributed by atoms with E-state index in [9.17, 15) is 9.59 Å².